The quantitative estimate of drug-likeness (QED) is 0.330. The molecule has 1 amide bonds. The van der Waals surface area contributed by atoms with Gasteiger partial charge in [0.05, 0.1) is 11.3 Å². The smallest absolute Gasteiger partial charge is 0.357 e. The molecule has 6 rings (SSSR count). The molecule has 0 saturated heterocycles. The van der Waals surface area contributed by atoms with Gasteiger partial charge in [0.15, 0.2) is 5.71 Å². The van der Waals surface area contributed by atoms with E-state index in [1.165, 1.54) is 22.5 Å². The average Bonchev–Trinajstić information content (AvgIpc) is 3.54. The summed E-state index contributed by atoms with van der Waals surface area (Å²) in [7, 11) is 0. The Kier molecular flexibility index (Phi) is 5.88. The molecule has 4 aromatic rings. The number of anilines is 3. The van der Waals surface area contributed by atoms with Crippen LogP contribution in [0.5, 0.6) is 0 Å². The van der Waals surface area contributed by atoms with E-state index in [1.807, 2.05) is 18.2 Å². The van der Waals surface area contributed by atoms with E-state index in [1.54, 1.807) is 30.3 Å². The number of carboxylic acids is 1. The van der Waals surface area contributed by atoms with Crippen LogP contribution in [0, 0.1) is 6.92 Å². The predicted molar refractivity (Wildman–Crippen MR) is 150 cm³/mol. The summed E-state index contributed by atoms with van der Waals surface area (Å²) in [4.78, 5) is 30.7. The second-order valence-electron chi connectivity index (χ2n) is 9.53. The molecule has 7 heteroatoms. The van der Waals surface area contributed by atoms with Crippen LogP contribution in [0.3, 0.4) is 0 Å². The largest absolute Gasteiger partial charge is 0.476 e. The van der Waals surface area contributed by atoms with Crippen LogP contribution >= 0.6 is 0 Å². The Labute approximate surface area is 220 Å². The number of fused-ring (bicyclic) bond motifs is 1. The molecule has 0 bridgehead atoms. The monoisotopic (exact) mass is 502 g/mol. The highest BCUT2D eigenvalue weighted by atomic mass is 16.4. The summed E-state index contributed by atoms with van der Waals surface area (Å²) in [5.74, 6) is -1.72. The van der Waals surface area contributed by atoms with Crippen molar-refractivity contribution >= 4 is 40.7 Å². The van der Waals surface area contributed by atoms with E-state index in [9.17, 15) is 14.7 Å². The number of hydrazone groups is 1. The predicted octanol–water partition coefficient (Wildman–Crippen LogP) is 5.95. The van der Waals surface area contributed by atoms with Gasteiger partial charge in [0.2, 0.25) is 0 Å². The molecule has 188 valence electrons. The Morgan fingerprint density at radius 3 is 2.53 bits per heavy atom. The summed E-state index contributed by atoms with van der Waals surface area (Å²) in [6, 6.07) is 27.7. The van der Waals surface area contributed by atoms with Crippen LogP contribution in [-0.2, 0) is 16.0 Å². The summed E-state index contributed by atoms with van der Waals surface area (Å²) in [5, 5.41) is 14.9. The minimum Gasteiger partial charge on any atom is -0.476 e. The normalized spacial score (nSPS) is 16.1. The lowest BCUT2D eigenvalue weighted by Gasteiger charge is -2.31. The van der Waals surface area contributed by atoms with Crippen LogP contribution in [0.25, 0.3) is 17.3 Å². The molecule has 0 saturated carbocycles. The molecule has 38 heavy (non-hydrogen) atoms. The Morgan fingerprint density at radius 2 is 1.76 bits per heavy atom. The van der Waals surface area contributed by atoms with Gasteiger partial charge in [-0.1, -0.05) is 42.0 Å². The second-order valence-corrected chi connectivity index (χ2v) is 9.53. The van der Waals surface area contributed by atoms with E-state index in [4.69, 9.17) is 0 Å². The molecule has 2 aliphatic rings. The van der Waals surface area contributed by atoms with Crippen LogP contribution in [0.4, 0.5) is 17.1 Å². The van der Waals surface area contributed by atoms with Gasteiger partial charge in [0.25, 0.3) is 5.91 Å². The summed E-state index contributed by atoms with van der Waals surface area (Å²) < 4.78 is 0. The maximum atomic E-state index is 13.1. The molecule has 0 aliphatic carbocycles. The number of hydrogen-bond acceptors (Lipinski definition) is 4. The fourth-order valence-electron chi connectivity index (χ4n) is 5.02. The van der Waals surface area contributed by atoms with E-state index < -0.39 is 11.9 Å². The molecular formula is C31H26N4O3. The third-order valence-corrected chi connectivity index (χ3v) is 6.94. The standard InChI is InChI=1S/C31H26N4O3/c1-20-9-13-24(14-10-20)34-17-5-6-22-18-21(11-16-28(22)34)27-15-12-23(32-27)19-26-29(31(37)38)33-35(30(26)36)25-7-3-2-4-8-25/h2-4,7-16,18-19,32H,5-6,17H2,1H3,(H,37,38). The van der Waals surface area contributed by atoms with Crippen LogP contribution in [0.1, 0.15) is 23.2 Å². The highest BCUT2D eigenvalue weighted by molar-refractivity contribution is 6.53. The number of nitrogens with one attached hydrogen (secondary N) is 1. The van der Waals surface area contributed by atoms with Crippen molar-refractivity contribution in [2.75, 3.05) is 16.5 Å². The number of aromatic amines is 1. The molecule has 3 aromatic carbocycles. The van der Waals surface area contributed by atoms with Crippen molar-refractivity contribution in [3.8, 4) is 11.3 Å². The number of aromatic nitrogens is 1. The molecule has 0 atom stereocenters. The number of aryl methyl sites for hydroxylation is 2. The van der Waals surface area contributed by atoms with Gasteiger partial charge in [0, 0.05) is 29.3 Å². The summed E-state index contributed by atoms with van der Waals surface area (Å²) in [5.41, 5.74) is 7.78. The first-order valence-electron chi connectivity index (χ1n) is 12.6. The van der Waals surface area contributed by atoms with E-state index in [2.05, 4.69) is 64.4 Å². The minimum absolute atomic E-state index is 0.0360. The summed E-state index contributed by atoms with van der Waals surface area (Å²) in [6.45, 7) is 3.08. The Morgan fingerprint density at radius 1 is 0.974 bits per heavy atom. The average molecular weight is 503 g/mol. The Balaban J connectivity index is 1.29. The van der Waals surface area contributed by atoms with Crippen molar-refractivity contribution in [2.45, 2.75) is 19.8 Å². The molecular weight excluding hydrogens is 476 g/mol. The number of amides is 1. The molecule has 2 N–H and O–H groups in total. The van der Waals surface area contributed by atoms with Gasteiger partial charge in [-0.3, -0.25) is 4.79 Å². The van der Waals surface area contributed by atoms with Crippen molar-refractivity contribution in [1.29, 1.82) is 0 Å². The zero-order valence-corrected chi connectivity index (χ0v) is 20.9. The van der Waals surface area contributed by atoms with Crippen LogP contribution in [0.15, 0.2) is 95.6 Å². The van der Waals surface area contributed by atoms with Crippen LogP contribution < -0.4 is 9.91 Å². The zero-order chi connectivity index (χ0) is 26.2. The van der Waals surface area contributed by atoms with Crippen molar-refractivity contribution < 1.29 is 14.7 Å². The van der Waals surface area contributed by atoms with E-state index >= 15 is 0 Å². The molecule has 0 radical (unpaired) electrons. The fourth-order valence-corrected chi connectivity index (χ4v) is 5.02. The highest BCUT2D eigenvalue weighted by Crippen LogP contribution is 2.36. The van der Waals surface area contributed by atoms with Gasteiger partial charge in [-0.15, -0.1) is 0 Å². The van der Waals surface area contributed by atoms with Gasteiger partial charge in [-0.05, 0) is 85.5 Å². The first-order valence-corrected chi connectivity index (χ1v) is 12.6. The second kappa shape index (κ2) is 9.52. The van der Waals surface area contributed by atoms with E-state index in [0.717, 1.165) is 35.7 Å². The number of carbonyl (C=O) groups is 2. The molecule has 0 unspecified atom stereocenters. The molecule has 2 aliphatic heterocycles. The Bertz CT molecular complexity index is 1600. The van der Waals surface area contributed by atoms with Gasteiger partial charge >= 0.3 is 5.97 Å². The van der Waals surface area contributed by atoms with Crippen molar-refractivity contribution in [1.82, 2.24) is 4.98 Å². The summed E-state index contributed by atoms with van der Waals surface area (Å²) >= 11 is 0. The number of rotatable bonds is 5. The molecule has 3 heterocycles. The lowest BCUT2D eigenvalue weighted by atomic mass is 9.97. The number of hydrogen-bond donors (Lipinski definition) is 2. The Hall–Kier alpha value is -4.91. The maximum absolute atomic E-state index is 13.1. The maximum Gasteiger partial charge on any atom is 0.357 e. The minimum atomic E-state index is -1.25. The molecule has 0 spiro atoms. The van der Waals surface area contributed by atoms with Crippen LogP contribution in [-0.4, -0.2) is 34.2 Å². The van der Waals surface area contributed by atoms with Gasteiger partial charge < -0.3 is 15.0 Å². The molecule has 1 aromatic heterocycles. The number of benzene rings is 3. The SMILES string of the molecule is Cc1ccc(N2CCCc3cc(-c4ccc(C=C5C(=O)N(c6ccccc6)N=C5C(=O)O)[nH]4)ccc32)cc1. The van der Waals surface area contributed by atoms with Gasteiger partial charge in [-0.25, -0.2) is 4.79 Å². The molecule has 0 fully saturated rings. The van der Waals surface area contributed by atoms with Crippen molar-refractivity contribution in [3.63, 3.8) is 0 Å². The number of aliphatic carboxylic acids is 1. The number of carboxylic acid groups (broad SMARTS) is 1. The topological polar surface area (TPSA) is 89.0 Å². The third kappa shape index (κ3) is 4.28. The summed E-state index contributed by atoms with van der Waals surface area (Å²) in [6.07, 6.45) is 3.63. The highest BCUT2D eigenvalue weighted by Gasteiger charge is 2.35. The van der Waals surface area contributed by atoms with E-state index in [-0.39, 0.29) is 11.3 Å². The van der Waals surface area contributed by atoms with Crippen molar-refractivity contribution in [2.24, 2.45) is 5.10 Å². The first-order chi connectivity index (χ1) is 18.5. The number of carbonyl (C=O) groups excluding carboxylic acids is 1. The first kappa shape index (κ1) is 23.5. The zero-order valence-electron chi connectivity index (χ0n) is 20.9. The number of nitrogens with zero attached hydrogens (tertiary/aromatic N) is 3. The molecule has 7 nitrogen and oxygen atoms in total. The van der Waals surface area contributed by atoms with E-state index in [0.29, 0.717) is 11.4 Å². The van der Waals surface area contributed by atoms with Crippen molar-refractivity contribution in [3.05, 3.63) is 107 Å². The fraction of sp³-hybridized carbons (Fsp3) is 0.129. The lowest BCUT2D eigenvalue weighted by Crippen LogP contribution is -2.24. The number of H-pyrrole nitrogens is 1. The van der Waals surface area contributed by atoms with Gasteiger partial charge in [-0.2, -0.15) is 10.1 Å². The number of para-hydroxylation sites is 1. The van der Waals surface area contributed by atoms with Crippen LogP contribution in [0.2, 0.25) is 0 Å². The lowest BCUT2D eigenvalue weighted by molar-refractivity contribution is -0.129. The van der Waals surface area contributed by atoms with Gasteiger partial charge in [0.1, 0.15) is 0 Å². The third-order valence-electron chi connectivity index (χ3n) is 6.94.